The summed E-state index contributed by atoms with van der Waals surface area (Å²) in [4.78, 5) is 0. The van der Waals surface area contributed by atoms with Crippen LogP contribution < -0.4 is 4.74 Å². The lowest BCUT2D eigenvalue weighted by Gasteiger charge is -2.17. The van der Waals surface area contributed by atoms with E-state index in [-0.39, 0.29) is 11.9 Å². The smallest absolute Gasteiger partial charge is 0.123 e. The zero-order valence-electron chi connectivity index (χ0n) is 11.9. The van der Waals surface area contributed by atoms with Crippen molar-refractivity contribution in [3.05, 3.63) is 78.6 Å². The van der Waals surface area contributed by atoms with Crippen LogP contribution in [-0.4, -0.2) is 12.7 Å². The van der Waals surface area contributed by atoms with Crippen LogP contribution in [0.15, 0.2) is 67.3 Å². The fourth-order valence-electron chi connectivity index (χ4n) is 1.88. The van der Waals surface area contributed by atoms with Gasteiger partial charge in [0, 0.05) is 0 Å². The summed E-state index contributed by atoms with van der Waals surface area (Å²) in [6, 6.07) is 16.0. The second-order valence-corrected chi connectivity index (χ2v) is 4.71. The van der Waals surface area contributed by atoms with E-state index in [4.69, 9.17) is 9.47 Å². The minimum absolute atomic E-state index is 0.0761. The first-order valence-corrected chi connectivity index (χ1v) is 6.92. The Morgan fingerprint density at radius 2 is 1.76 bits per heavy atom. The molecule has 0 amide bonds. The summed E-state index contributed by atoms with van der Waals surface area (Å²) >= 11 is 0. The number of hydrogen-bond acceptors (Lipinski definition) is 2. The van der Waals surface area contributed by atoms with Crippen molar-refractivity contribution in [1.82, 2.24) is 0 Å². The number of rotatable bonds is 8. The molecular weight excluding hydrogens is 267 g/mol. The lowest BCUT2D eigenvalue weighted by Crippen LogP contribution is -2.21. The SMILES string of the molecule is C=CCC(COc1ccc(F)cc1)OCc1ccccc1. The Morgan fingerprint density at radius 3 is 2.43 bits per heavy atom. The molecule has 1 unspecified atom stereocenters. The minimum Gasteiger partial charge on any atom is -0.491 e. The molecule has 2 rings (SSSR count). The first-order valence-electron chi connectivity index (χ1n) is 6.92. The van der Waals surface area contributed by atoms with E-state index in [0.717, 1.165) is 5.56 Å². The van der Waals surface area contributed by atoms with Crippen LogP contribution in [0.2, 0.25) is 0 Å². The first kappa shape index (κ1) is 15.3. The molecule has 0 heterocycles. The van der Waals surface area contributed by atoms with Crippen LogP contribution in [0.1, 0.15) is 12.0 Å². The molecule has 0 aromatic heterocycles. The summed E-state index contributed by atoms with van der Waals surface area (Å²) in [5.41, 5.74) is 1.12. The van der Waals surface area contributed by atoms with E-state index in [9.17, 15) is 4.39 Å². The first-order chi connectivity index (χ1) is 10.3. The fraction of sp³-hybridized carbons (Fsp3) is 0.222. The molecule has 2 nitrogen and oxygen atoms in total. The maximum Gasteiger partial charge on any atom is 0.123 e. The van der Waals surface area contributed by atoms with Crippen LogP contribution in [0.4, 0.5) is 4.39 Å². The molecule has 3 heteroatoms. The Hall–Kier alpha value is -2.13. The number of ether oxygens (including phenoxy) is 2. The molecule has 0 aliphatic heterocycles. The monoisotopic (exact) mass is 286 g/mol. The van der Waals surface area contributed by atoms with Gasteiger partial charge in [0.15, 0.2) is 0 Å². The molecule has 0 N–H and O–H groups in total. The Bertz CT molecular complexity index is 537. The third kappa shape index (κ3) is 5.40. The maximum absolute atomic E-state index is 12.8. The highest BCUT2D eigenvalue weighted by atomic mass is 19.1. The molecule has 0 aliphatic rings. The van der Waals surface area contributed by atoms with Gasteiger partial charge in [0.2, 0.25) is 0 Å². The summed E-state index contributed by atoms with van der Waals surface area (Å²) in [6.45, 7) is 4.68. The van der Waals surface area contributed by atoms with Gasteiger partial charge < -0.3 is 9.47 Å². The van der Waals surface area contributed by atoms with Gasteiger partial charge in [-0.05, 0) is 36.2 Å². The van der Waals surface area contributed by atoms with Gasteiger partial charge in [-0.3, -0.25) is 0 Å². The molecule has 0 fully saturated rings. The molecule has 0 bridgehead atoms. The molecule has 2 aromatic carbocycles. The summed E-state index contributed by atoms with van der Waals surface area (Å²) in [5.74, 6) is 0.360. The molecule has 0 spiro atoms. The van der Waals surface area contributed by atoms with Crippen LogP contribution in [-0.2, 0) is 11.3 Å². The van der Waals surface area contributed by atoms with Gasteiger partial charge in [0.05, 0.1) is 12.7 Å². The van der Waals surface area contributed by atoms with Gasteiger partial charge in [-0.1, -0.05) is 36.4 Å². The predicted molar refractivity (Wildman–Crippen MR) is 81.7 cm³/mol. The Balaban J connectivity index is 1.83. The van der Waals surface area contributed by atoms with E-state index < -0.39 is 0 Å². The molecule has 1 atom stereocenters. The van der Waals surface area contributed by atoms with Crippen molar-refractivity contribution in [2.45, 2.75) is 19.1 Å². The molecule has 0 saturated carbocycles. The Kier molecular flexibility index (Phi) is 5.98. The van der Waals surface area contributed by atoms with Gasteiger partial charge in [0.25, 0.3) is 0 Å². The van der Waals surface area contributed by atoms with E-state index in [2.05, 4.69) is 6.58 Å². The van der Waals surface area contributed by atoms with E-state index in [1.807, 2.05) is 36.4 Å². The van der Waals surface area contributed by atoms with Gasteiger partial charge in [-0.2, -0.15) is 0 Å². The highest BCUT2D eigenvalue weighted by molar-refractivity contribution is 5.22. The van der Waals surface area contributed by atoms with Crippen molar-refractivity contribution >= 4 is 0 Å². The third-order valence-electron chi connectivity index (χ3n) is 3.01. The highest BCUT2D eigenvalue weighted by Gasteiger charge is 2.09. The van der Waals surface area contributed by atoms with E-state index in [0.29, 0.717) is 25.4 Å². The quantitative estimate of drug-likeness (QED) is 0.671. The molecule has 2 aromatic rings. The average molecular weight is 286 g/mol. The average Bonchev–Trinajstić information content (AvgIpc) is 2.52. The van der Waals surface area contributed by atoms with Crippen LogP contribution in [0.5, 0.6) is 5.75 Å². The molecule has 0 saturated heterocycles. The fourth-order valence-corrected chi connectivity index (χ4v) is 1.88. The topological polar surface area (TPSA) is 18.5 Å². The van der Waals surface area contributed by atoms with Crippen molar-refractivity contribution in [2.24, 2.45) is 0 Å². The van der Waals surface area contributed by atoms with E-state index in [1.165, 1.54) is 12.1 Å². The molecule has 0 aliphatic carbocycles. The van der Waals surface area contributed by atoms with Crippen molar-refractivity contribution < 1.29 is 13.9 Å². The second kappa shape index (κ2) is 8.22. The Labute approximate surface area is 124 Å². The number of hydrogen-bond donors (Lipinski definition) is 0. The third-order valence-corrected chi connectivity index (χ3v) is 3.01. The van der Waals surface area contributed by atoms with Crippen LogP contribution in [0.25, 0.3) is 0 Å². The van der Waals surface area contributed by atoms with Gasteiger partial charge in [-0.25, -0.2) is 4.39 Å². The minimum atomic E-state index is -0.273. The summed E-state index contributed by atoms with van der Waals surface area (Å²) < 4.78 is 24.3. The van der Waals surface area contributed by atoms with E-state index in [1.54, 1.807) is 12.1 Å². The highest BCUT2D eigenvalue weighted by Crippen LogP contribution is 2.13. The van der Waals surface area contributed by atoms with Crippen LogP contribution in [0, 0.1) is 5.82 Å². The predicted octanol–water partition coefficient (Wildman–Crippen LogP) is 4.37. The zero-order chi connectivity index (χ0) is 14.9. The van der Waals surface area contributed by atoms with E-state index >= 15 is 0 Å². The Morgan fingerprint density at radius 1 is 1.05 bits per heavy atom. The number of benzene rings is 2. The van der Waals surface area contributed by atoms with Crippen LogP contribution >= 0.6 is 0 Å². The lowest BCUT2D eigenvalue weighted by atomic mass is 10.2. The molecular formula is C18H19FO2. The maximum atomic E-state index is 12.8. The van der Waals surface area contributed by atoms with Crippen molar-refractivity contribution in [3.8, 4) is 5.75 Å². The van der Waals surface area contributed by atoms with Crippen LogP contribution in [0.3, 0.4) is 0 Å². The van der Waals surface area contributed by atoms with Gasteiger partial charge in [-0.15, -0.1) is 6.58 Å². The second-order valence-electron chi connectivity index (χ2n) is 4.71. The van der Waals surface area contributed by atoms with Crippen molar-refractivity contribution in [1.29, 1.82) is 0 Å². The van der Waals surface area contributed by atoms with Gasteiger partial charge in [0.1, 0.15) is 18.2 Å². The zero-order valence-corrected chi connectivity index (χ0v) is 11.9. The summed E-state index contributed by atoms with van der Waals surface area (Å²) in [6.07, 6.45) is 2.44. The molecule has 110 valence electrons. The largest absolute Gasteiger partial charge is 0.491 e. The molecule has 21 heavy (non-hydrogen) atoms. The van der Waals surface area contributed by atoms with Crippen molar-refractivity contribution in [3.63, 3.8) is 0 Å². The van der Waals surface area contributed by atoms with Crippen molar-refractivity contribution in [2.75, 3.05) is 6.61 Å². The molecule has 0 radical (unpaired) electrons. The summed E-state index contributed by atoms with van der Waals surface area (Å²) in [7, 11) is 0. The normalized spacial score (nSPS) is 11.9. The standard InChI is InChI=1S/C18H19FO2/c1-2-6-18(20-13-15-7-4-3-5-8-15)14-21-17-11-9-16(19)10-12-17/h2-5,7-12,18H,1,6,13-14H2. The summed E-state index contributed by atoms with van der Waals surface area (Å²) in [5, 5.41) is 0. The van der Waals surface area contributed by atoms with Gasteiger partial charge >= 0.3 is 0 Å². The number of halogens is 1. The lowest BCUT2D eigenvalue weighted by molar-refractivity contribution is 0.0116.